The monoisotopic (exact) mass is 303 g/mol. The third-order valence-electron chi connectivity index (χ3n) is 3.18. The minimum Gasteiger partial charge on any atom is -0.477 e. The first-order valence-electron chi connectivity index (χ1n) is 6.70. The highest BCUT2D eigenvalue weighted by Crippen LogP contribution is 2.18. The van der Waals surface area contributed by atoms with Gasteiger partial charge in [0.05, 0.1) is 4.88 Å². The zero-order chi connectivity index (χ0) is 15.2. The van der Waals surface area contributed by atoms with E-state index in [0.29, 0.717) is 11.4 Å². The smallest absolute Gasteiger partial charge is 0.345 e. The Morgan fingerprint density at radius 3 is 2.38 bits per heavy atom. The molecule has 0 aliphatic heterocycles. The van der Waals surface area contributed by atoms with Gasteiger partial charge in [-0.15, -0.1) is 11.3 Å². The molecule has 5 heteroatoms. The van der Waals surface area contributed by atoms with Crippen molar-refractivity contribution in [3.05, 3.63) is 57.8 Å². The van der Waals surface area contributed by atoms with E-state index >= 15 is 0 Å². The van der Waals surface area contributed by atoms with Crippen LogP contribution in [0.1, 0.15) is 31.3 Å². The van der Waals surface area contributed by atoms with Crippen molar-refractivity contribution in [1.82, 2.24) is 4.90 Å². The molecule has 2 aromatic rings. The molecule has 1 heterocycles. The van der Waals surface area contributed by atoms with Gasteiger partial charge in [-0.05, 0) is 30.5 Å². The highest BCUT2D eigenvalue weighted by atomic mass is 32.1. The third kappa shape index (κ3) is 4.16. The van der Waals surface area contributed by atoms with Gasteiger partial charge in [0.25, 0.3) is 5.91 Å². The Morgan fingerprint density at radius 2 is 1.76 bits per heavy atom. The maximum absolute atomic E-state index is 12.2. The number of carbonyl (C=O) groups excluding carboxylic acids is 1. The lowest BCUT2D eigenvalue weighted by Crippen LogP contribution is -2.27. The first kappa shape index (κ1) is 15.3. The summed E-state index contributed by atoms with van der Waals surface area (Å²) in [6, 6.07) is 13.2. The van der Waals surface area contributed by atoms with Crippen LogP contribution in [0.5, 0.6) is 0 Å². The molecule has 2 rings (SSSR count). The molecule has 0 saturated carbocycles. The van der Waals surface area contributed by atoms with Gasteiger partial charge in [0.2, 0.25) is 0 Å². The molecule has 0 aliphatic rings. The first-order valence-corrected chi connectivity index (χ1v) is 7.52. The molecule has 0 bridgehead atoms. The van der Waals surface area contributed by atoms with Crippen molar-refractivity contribution in [2.24, 2.45) is 0 Å². The summed E-state index contributed by atoms with van der Waals surface area (Å²) >= 11 is 1.02. The van der Waals surface area contributed by atoms with Crippen LogP contribution >= 0.6 is 11.3 Å². The van der Waals surface area contributed by atoms with Crippen molar-refractivity contribution >= 4 is 23.2 Å². The van der Waals surface area contributed by atoms with Crippen LogP contribution in [-0.4, -0.2) is 35.5 Å². The highest BCUT2D eigenvalue weighted by Gasteiger charge is 2.16. The summed E-state index contributed by atoms with van der Waals surface area (Å²) in [5.41, 5.74) is 1.25. The Balaban J connectivity index is 1.86. The number of aromatic carboxylic acids is 1. The van der Waals surface area contributed by atoms with Crippen molar-refractivity contribution < 1.29 is 14.7 Å². The summed E-state index contributed by atoms with van der Waals surface area (Å²) in [6.07, 6.45) is 1.80. The fourth-order valence-electron chi connectivity index (χ4n) is 2.02. The van der Waals surface area contributed by atoms with Crippen LogP contribution in [0.15, 0.2) is 42.5 Å². The van der Waals surface area contributed by atoms with Crippen LogP contribution in [-0.2, 0) is 6.42 Å². The van der Waals surface area contributed by atoms with E-state index in [2.05, 4.69) is 12.1 Å². The Morgan fingerprint density at radius 1 is 1.10 bits per heavy atom. The maximum Gasteiger partial charge on any atom is 0.345 e. The largest absolute Gasteiger partial charge is 0.477 e. The summed E-state index contributed by atoms with van der Waals surface area (Å²) < 4.78 is 0. The summed E-state index contributed by atoms with van der Waals surface area (Å²) in [4.78, 5) is 25.3. The number of carboxylic acids is 1. The molecular weight excluding hydrogens is 286 g/mol. The molecule has 0 spiro atoms. The van der Waals surface area contributed by atoms with Gasteiger partial charge in [0, 0.05) is 13.6 Å². The van der Waals surface area contributed by atoms with Gasteiger partial charge in [-0.25, -0.2) is 4.79 Å². The van der Waals surface area contributed by atoms with Crippen molar-refractivity contribution in [2.45, 2.75) is 12.8 Å². The van der Waals surface area contributed by atoms with Crippen LogP contribution < -0.4 is 0 Å². The number of aryl methyl sites for hydroxylation is 1. The van der Waals surface area contributed by atoms with E-state index in [-0.39, 0.29) is 10.8 Å². The third-order valence-corrected chi connectivity index (χ3v) is 4.24. The van der Waals surface area contributed by atoms with E-state index < -0.39 is 5.97 Å². The average Bonchev–Trinajstić information content (AvgIpc) is 2.97. The van der Waals surface area contributed by atoms with Crippen LogP contribution in [0.25, 0.3) is 0 Å². The minimum absolute atomic E-state index is 0.124. The predicted molar refractivity (Wildman–Crippen MR) is 83.0 cm³/mol. The number of carboxylic acid groups (broad SMARTS) is 1. The second-order valence-corrected chi connectivity index (χ2v) is 5.87. The SMILES string of the molecule is CN(CCCc1ccccc1)C(=O)c1ccc(C(=O)O)s1. The number of rotatable bonds is 6. The maximum atomic E-state index is 12.2. The molecule has 0 radical (unpaired) electrons. The lowest BCUT2D eigenvalue weighted by Gasteiger charge is -2.16. The Kier molecular flexibility index (Phi) is 5.11. The first-order chi connectivity index (χ1) is 10.1. The number of nitrogens with zero attached hydrogens (tertiary/aromatic N) is 1. The zero-order valence-corrected chi connectivity index (χ0v) is 12.6. The zero-order valence-electron chi connectivity index (χ0n) is 11.8. The summed E-state index contributed by atoms with van der Waals surface area (Å²) in [6.45, 7) is 0.647. The summed E-state index contributed by atoms with van der Waals surface area (Å²) in [5.74, 6) is -1.12. The molecule has 0 unspecified atom stereocenters. The fourth-order valence-corrected chi connectivity index (χ4v) is 2.86. The molecule has 21 heavy (non-hydrogen) atoms. The van der Waals surface area contributed by atoms with E-state index in [1.54, 1.807) is 18.0 Å². The lowest BCUT2D eigenvalue weighted by atomic mass is 10.1. The van der Waals surface area contributed by atoms with E-state index in [4.69, 9.17) is 5.11 Å². The van der Waals surface area contributed by atoms with Gasteiger partial charge >= 0.3 is 5.97 Å². The van der Waals surface area contributed by atoms with Crippen molar-refractivity contribution in [1.29, 1.82) is 0 Å². The van der Waals surface area contributed by atoms with Crippen molar-refractivity contribution in [3.8, 4) is 0 Å². The molecule has 1 aromatic carbocycles. The summed E-state index contributed by atoms with van der Waals surface area (Å²) in [5, 5.41) is 8.87. The molecule has 4 nitrogen and oxygen atoms in total. The van der Waals surface area contributed by atoms with Crippen LogP contribution in [0.3, 0.4) is 0 Å². The Labute approximate surface area is 127 Å². The van der Waals surface area contributed by atoms with Crippen LogP contribution in [0, 0.1) is 0 Å². The highest BCUT2D eigenvalue weighted by molar-refractivity contribution is 7.15. The van der Waals surface area contributed by atoms with Crippen LogP contribution in [0.2, 0.25) is 0 Å². The number of thiophene rings is 1. The number of carbonyl (C=O) groups is 2. The molecule has 1 aromatic heterocycles. The predicted octanol–water partition coefficient (Wildman–Crippen LogP) is 3.15. The number of amides is 1. The van der Waals surface area contributed by atoms with Gasteiger partial charge in [-0.2, -0.15) is 0 Å². The van der Waals surface area contributed by atoms with E-state index in [1.807, 2.05) is 18.2 Å². The van der Waals surface area contributed by atoms with Gasteiger partial charge in [-0.3, -0.25) is 4.79 Å². The second kappa shape index (κ2) is 7.04. The quantitative estimate of drug-likeness (QED) is 0.892. The molecule has 0 fully saturated rings. The van der Waals surface area contributed by atoms with Gasteiger partial charge in [0.1, 0.15) is 4.88 Å². The minimum atomic E-state index is -0.995. The molecule has 110 valence electrons. The van der Waals surface area contributed by atoms with Gasteiger partial charge in [-0.1, -0.05) is 30.3 Å². The molecule has 0 saturated heterocycles. The molecule has 0 atom stereocenters. The summed E-state index contributed by atoms with van der Waals surface area (Å²) in [7, 11) is 1.74. The number of hydrogen-bond donors (Lipinski definition) is 1. The van der Waals surface area contributed by atoms with Gasteiger partial charge < -0.3 is 10.0 Å². The molecular formula is C16H17NO3S. The van der Waals surface area contributed by atoms with Crippen molar-refractivity contribution in [3.63, 3.8) is 0 Å². The van der Waals surface area contributed by atoms with E-state index in [9.17, 15) is 9.59 Å². The van der Waals surface area contributed by atoms with Crippen molar-refractivity contribution in [2.75, 3.05) is 13.6 Å². The molecule has 1 N–H and O–H groups in total. The normalized spacial score (nSPS) is 10.3. The fraction of sp³-hybridized carbons (Fsp3) is 0.250. The Bertz CT molecular complexity index is 621. The van der Waals surface area contributed by atoms with Gasteiger partial charge in [0.15, 0.2) is 0 Å². The van der Waals surface area contributed by atoms with E-state index in [1.165, 1.54) is 11.6 Å². The lowest BCUT2D eigenvalue weighted by molar-refractivity contribution is 0.0701. The second-order valence-electron chi connectivity index (χ2n) is 4.78. The average molecular weight is 303 g/mol. The topological polar surface area (TPSA) is 57.6 Å². The Hall–Kier alpha value is -2.14. The molecule has 1 amide bonds. The van der Waals surface area contributed by atoms with Crippen LogP contribution in [0.4, 0.5) is 0 Å². The standard InChI is InChI=1S/C16H17NO3S/c1-17(11-5-8-12-6-3-2-4-7-12)15(18)13-9-10-14(21-13)16(19)20/h2-4,6-7,9-10H,5,8,11H2,1H3,(H,19,20). The molecule has 0 aliphatic carbocycles. The van der Waals surface area contributed by atoms with E-state index in [0.717, 1.165) is 24.2 Å². The number of benzene rings is 1. The number of hydrogen-bond acceptors (Lipinski definition) is 3.